The molecular formula is C9H23N3O2S. The predicted molar refractivity (Wildman–Crippen MR) is 62.8 cm³/mol. The molecule has 5 nitrogen and oxygen atoms in total. The quantitative estimate of drug-likeness (QED) is 0.658. The summed E-state index contributed by atoms with van der Waals surface area (Å²) in [4.78, 5) is 0. The van der Waals surface area contributed by atoms with E-state index < -0.39 is 10.2 Å². The van der Waals surface area contributed by atoms with Gasteiger partial charge in [-0.3, -0.25) is 0 Å². The minimum absolute atomic E-state index is 0.362. The molecule has 0 amide bonds. The second kappa shape index (κ2) is 7.16. The highest BCUT2D eigenvalue weighted by atomic mass is 32.2. The van der Waals surface area contributed by atoms with Crippen LogP contribution in [0, 0.1) is 0 Å². The topological polar surface area (TPSA) is 66.6 Å². The average Bonchev–Trinajstić information content (AvgIpc) is 2.19. The largest absolute Gasteiger partial charge is 0.329 e. The van der Waals surface area contributed by atoms with Crippen LogP contribution in [0.15, 0.2) is 0 Å². The van der Waals surface area contributed by atoms with Gasteiger partial charge in [-0.25, -0.2) is 0 Å². The second-order valence-electron chi connectivity index (χ2n) is 3.28. The monoisotopic (exact) mass is 237 g/mol. The molecule has 0 bridgehead atoms. The summed E-state index contributed by atoms with van der Waals surface area (Å²) in [5.41, 5.74) is 5.41. The highest BCUT2D eigenvalue weighted by molar-refractivity contribution is 7.86. The van der Waals surface area contributed by atoms with E-state index in [-0.39, 0.29) is 0 Å². The van der Waals surface area contributed by atoms with Crippen molar-refractivity contribution in [3.05, 3.63) is 0 Å². The molecule has 0 rings (SSSR count). The van der Waals surface area contributed by atoms with E-state index in [0.717, 1.165) is 6.42 Å². The Balaban J connectivity index is 4.75. The fourth-order valence-electron chi connectivity index (χ4n) is 1.45. The van der Waals surface area contributed by atoms with Gasteiger partial charge < -0.3 is 5.73 Å². The summed E-state index contributed by atoms with van der Waals surface area (Å²) in [6.45, 7) is 7.94. The number of nitrogens with zero attached hydrogens (tertiary/aromatic N) is 2. The van der Waals surface area contributed by atoms with E-state index in [0.29, 0.717) is 32.7 Å². The van der Waals surface area contributed by atoms with Gasteiger partial charge in [0.25, 0.3) is 10.2 Å². The van der Waals surface area contributed by atoms with Gasteiger partial charge in [0, 0.05) is 32.7 Å². The molecule has 0 saturated carbocycles. The number of rotatable bonds is 8. The Morgan fingerprint density at radius 2 is 1.53 bits per heavy atom. The molecular weight excluding hydrogens is 214 g/mol. The maximum Gasteiger partial charge on any atom is 0.281 e. The Labute approximate surface area is 93.4 Å². The van der Waals surface area contributed by atoms with E-state index in [4.69, 9.17) is 5.73 Å². The molecule has 15 heavy (non-hydrogen) atoms. The summed E-state index contributed by atoms with van der Waals surface area (Å²) in [6, 6.07) is 0. The van der Waals surface area contributed by atoms with Crippen molar-refractivity contribution >= 4 is 10.2 Å². The van der Waals surface area contributed by atoms with Crippen molar-refractivity contribution in [2.45, 2.75) is 27.2 Å². The van der Waals surface area contributed by atoms with Gasteiger partial charge in [-0.2, -0.15) is 17.0 Å². The normalized spacial score (nSPS) is 12.7. The van der Waals surface area contributed by atoms with E-state index >= 15 is 0 Å². The van der Waals surface area contributed by atoms with Gasteiger partial charge in [-0.05, 0) is 6.42 Å². The first kappa shape index (κ1) is 14.8. The van der Waals surface area contributed by atoms with Crippen molar-refractivity contribution < 1.29 is 8.42 Å². The van der Waals surface area contributed by atoms with Crippen LogP contribution in [0.4, 0.5) is 0 Å². The summed E-state index contributed by atoms with van der Waals surface area (Å²) < 4.78 is 27.1. The minimum Gasteiger partial charge on any atom is -0.329 e. The highest BCUT2D eigenvalue weighted by Crippen LogP contribution is 2.08. The Hall–Kier alpha value is -0.170. The third-order valence-corrected chi connectivity index (χ3v) is 4.40. The molecule has 0 aromatic carbocycles. The van der Waals surface area contributed by atoms with Crippen molar-refractivity contribution in [3.63, 3.8) is 0 Å². The van der Waals surface area contributed by atoms with E-state index in [1.54, 1.807) is 0 Å². The molecule has 92 valence electrons. The lowest BCUT2D eigenvalue weighted by molar-refractivity contribution is 0.352. The maximum absolute atomic E-state index is 12.1. The van der Waals surface area contributed by atoms with Crippen LogP contribution in [0.5, 0.6) is 0 Å². The average molecular weight is 237 g/mol. The predicted octanol–water partition coefficient (Wildman–Crippen LogP) is 0.244. The van der Waals surface area contributed by atoms with Crippen LogP contribution in [-0.2, 0) is 10.2 Å². The molecule has 0 aliphatic carbocycles. The number of hydrogen-bond acceptors (Lipinski definition) is 3. The summed E-state index contributed by atoms with van der Waals surface area (Å²) in [5, 5.41) is 0. The van der Waals surface area contributed by atoms with Gasteiger partial charge in [-0.1, -0.05) is 20.8 Å². The molecule has 0 aliphatic rings. The van der Waals surface area contributed by atoms with Crippen LogP contribution < -0.4 is 5.73 Å². The first-order valence-corrected chi connectivity index (χ1v) is 6.89. The van der Waals surface area contributed by atoms with Crippen molar-refractivity contribution in [1.82, 2.24) is 8.61 Å². The zero-order valence-electron chi connectivity index (χ0n) is 9.94. The number of hydrogen-bond donors (Lipinski definition) is 1. The zero-order chi connectivity index (χ0) is 11.9. The molecule has 0 radical (unpaired) electrons. The summed E-state index contributed by atoms with van der Waals surface area (Å²) in [7, 11) is -3.30. The van der Waals surface area contributed by atoms with Gasteiger partial charge in [0.1, 0.15) is 0 Å². The standard InChI is InChI=1S/C9H23N3O2S/c1-4-8-12(9-7-10)15(13,14)11(5-2)6-3/h4-10H2,1-3H3. The van der Waals surface area contributed by atoms with Crippen LogP contribution in [0.1, 0.15) is 27.2 Å². The van der Waals surface area contributed by atoms with Crippen molar-refractivity contribution in [2.75, 3.05) is 32.7 Å². The Morgan fingerprint density at radius 1 is 1.00 bits per heavy atom. The van der Waals surface area contributed by atoms with Crippen LogP contribution in [0.2, 0.25) is 0 Å². The molecule has 0 spiro atoms. The molecule has 0 heterocycles. The molecule has 6 heteroatoms. The Bertz CT molecular complexity index is 244. The van der Waals surface area contributed by atoms with Crippen LogP contribution >= 0.6 is 0 Å². The molecule has 0 aromatic heterocycles. The van der Waals surface area contributed by atoms with Gasteiger partial charge in [0.15, 0.2) is 0 Å². The lowest BCUT2D eigenvalue weighted by atomic mass is 10.5. The second-order valence-corrected chi connectivity index (χ2v) is 5.21. The van der Waals surface area contributed by atoms with Crippen molar-refractivity contribution in [3.8, 4) is 0 Å². The fraction of sp³-hybridized carbons (Fsp3) is 1.00. The minimum atomic E-state index is -3.30. The smallest absolute Gasteiger partial charge is 0.281 e. The van der Waals surface area contributed by atoms with Crippen LogP contribution in [0.3, 0.4) is 0 Å². The Morgan fingerprint density at radius 3 is 1.87 bits per heavy atom. The van der Waals surface area contributed by atoms with E-state index in [1.165, 1.54) is 8.61 Å². The lowest BCUT2D eigenvalue weighted by Crippen LogP contribution is -2.45. The SMILES string of the molecule is CCCN(CCN)S(=O)(=O)N(CC)CC. The first-order valence-electron chi connectivity index (χ1n) is 5.49. The third-order valence-electron chi connectivity index (χ3n) is 2.21. The zero-order valence-corrected chi connectivity index (χ0v) is 10.8. The van der Waals surface area contributed by atoms with Gasteiger partial charge >= 0.3 is 0 Å². The number of nitrogens with two attached hydrogens (primary N) is 1. The van der Waals surface area contributed by atoms with Gasteiger partial charge in [0.05, 0.1) is 0 Å². The molecule has 0 fully saturated rings. The Kier molecular flexibility index (Phi) is 7.08. The fourth-order valence-corrected chi connectivity index (χ4v) is 3.18. The van der Waals surface area contributed by atoms with Crippen molar-refractivity contribution in [1.29, 1.82) is 0 Å². The summed E-state index contributed by atoms with van der Waals surface area (Å²) >= 11 is 0. The summed E-state index contributed by atoms with van der Waals surface area (Å²) in [6.07, 6.45) is 0.806. The third kappa shape index (κ3) is 4.06. The first-order chi connectivity index (χ1) is 7.04. The lowest BCUT2D eigenvalue weighted by Gasteiger charge is -2.27. The molecule has 0 aliphatic heterocycles. The van der Waals surface area contributed by atoms with E-state index in [2.05, 4.69) is 0 Å². The summed E-state index contributed by atoms with van der Waals surface area (Å²) in [5.74, 6) is 0. The van der Waals surface area contributed by atoms with Crippen LogP contribution in [0.25, 0.3) is 0 Å². The molecule has 0 unspecified atom stereocenters. The van der Waals surface area contributed by atoms with Gasteiger partial charge in [-0.15, -0.1) is 0 Å². The van der Waals surface area contributed by atoms with E-state index in [9.17, 15) is 8.42 Å². The van der Waals surface area contributed by atoms with Crippen LogP contribution in [-0.4, -0.2) is 49.8 Å². The van der Waals surface area contributed by atoms with Gasteiger partial charge in [0.2, 0.25) is 0 Å². The highest BCUT2D eigenvalue weighted by Gasteiger charge is 2.25. The molecule has 0 aromatic rings. The maximum atomic E-state index is 12.1. The van der Waals surface area contributed by atoms with Crippen molar-refractivity contribution in [2.24, 2.45) is 5.73 Å². The molecule has 0 saturated heterocycles. The van der Waals surface area contributed by atoms with E-state index in [1.807, 2.05) is 20.8 Å². The molecule has 2 N–H and O–H groups in total. The molecule has 0 atom stereocenters.